The molecular formula is C16H20O5S. The lowest BCUT2D eigenvalue weighted by Crippen LogP contribution is -2.34. The fourth-order valence-corrected chi connectivity index (χ4v) is 3.38. The van der Waals surface area contributed by atoms with Gasteiger partial charge in [0.15, 0.2) is 0 Å². The van der Waals surface area contributed by atoms with Gasteiger partial charge in [-0.15, -0.1) is 0 Å². The van der Waals surface area contributed by atoms with Crippen LogP contribution >= 0.6 is 0 Å². The summed E-state index contributed by atoms with van der Waals surface area (Å²) in [6, 6.07) is 11.1. The van der Waals surface area contributed by atoms with Gasteiger partial charge < -0.3 is 13.7 Å². The van der Waals surface area contributed by atoms with Gasteiger partial charge in [0.1, 0.15) is 11.0 Å². The van der Waals surface area contributed by atoms with Crippen LogP contribution in [-0.4, -0.2) is 41.1 Å². The quantitative estimate of drug-likeness (QED) is 0.732. The smallest absolute Gasteiger partial charge is 0.316 e. The fourth-order valence-electron chi connectivity index (χ4n) is 2.26. The summed E-state index contributed by atoms with van der Waals surface area (Å²) < 4.78 is 39.7. The summed E-state index contributed by atoms with van der Waals surface area (Å²) >= 11 is 0. The summed E-state index contributed by atoms with van der Waals surface area (Å²) in [5, 5.41) is 1.14. The zero-order valence-electron chi connectivity index (χ0n) is 12.9. The van der Waals surface area contributed by atoms with Crippen LogP contribution in [-0.2, 0) is 19.6 Å². The normalized spacial score (nSPS) is 12.0. The van der Waals surface area contributed by atoms with Crippen molar-refractivity contribution >= 4 is 20.9 Å². The summed E-state index contributed by atoms with van der Waals surface area (Å²) in [4.78, 5) is 0. The summed E-state index contributed by atoms with van der Waals surface area (Å²) in [5.41, 5.74) is 1.13. The number of methoxy groups -OCH3 is 2. The second-order valence-electron chi connectivity index (χ2n) is 5.07. The monoisotopic (exact) mass is 324 g/mol. The minimum atomic E-state index is -3.83. The Labute approximate surface area is 130 Å². The molecule has 0 aromatic heterocycles. The molecule has 2 aromatic rings. The number of benzene rings is 2. The van der Waals surface area contributed by atoms with E-state index in [4.69, 9.17) is 13.7 Å². The van der Waals surface area contributed by atoms with Crippen molar-refractivity contribution in [2.45, 2.75) is 12.2 Å². The summed E-state index contributed by atoms with van der Waals surface area (Å²) in [7, 11) is -0.946. The Hall–Kier alpha value is -1.63. The molecule has 0 saturated heterocycles. The first-order chi connectivity index (χ1) is 10.5. The molecule has 5 nitrogen and oxygen atoms in total. The highest BCUT2D eigenvalue weighted by Crippen LogP contribution is 2.25. The van der Waals surface area contributed by atoms with Gasteiger partial charge in [-0.05, 0) is 35.4 Å². The van der Waals surface area contributed by atoms with Crippen molar-refractivity contribution in [2.75, 3.05) is 27.4 Å². The van der Waals surface area contributed by atoms with E-state index in [0.717, 1.165) is 16.3 Å². The minimum Gasteiger partial charge on any atom is -0.383 e. The molecule has 120 valence electrons. The van der Waals surface area contributed by atoms with Crippen molar-refractivity contribution in [1.29, 1.82) is 0 Å². The molecule has 0 saturated carbocycles. The lowest BCUT2D eigenvalue weighted by atomic mass is 10.1. The topological polar surface area (TPSA) is 61.8 Å². The van der Waals surface area contributed by atoms with E-state index in [1.807, 2.05) is 31.2 Å². The van der Waals surface area contributed by atoms with Gasteiger partial charge >= 0.3 is 10.1 Å². The van der Waals surface area contributed by atoms with Gasteiger partial charge in [0.05, 0.1) is 13.2 Å². The molecular weight excluding hydrogens is 304 g/mol. The molecule has 0 bridgehead atoms. The standard InChI is InChI=1S/C16H20O5S/c1-12-5-4-6-13-9-14(7-8-16(12)13)21-22(17,18)15(10-19-2)11-20-3/h4-9,15H,10-11H2,1-3H3. The van der Waals surface area contributed by atoms with E-state index in [0.29, 0.717) is 0 Å². The van der Waals surface area contributed by atoms with Crippen LogP contribution in [0.1, 0.15) is 5.56 Å². The van der Waals surface area contributed by atoms with E-state index in [9.17, 15) is 8.42 Å². The van der Waals surface area contributed by atoms with E-state index >= 15 is 0 Å². The molecule has 0 radical (unpaired) electrons. The Morgan fingerprint density at radius 1 is 1.05 bits per heavy atom. The number of hydrogen-bond donors (Lipinski definition) is 0. The SMILES string of the molecule is COCC(COC)S(=O)(=O)Oc1ccc2c(C)cccc2c1. The van der Waals surface area contributed by atoms with Gasteiger partial charge in [0.2, 0.25) is 0 Å². The molecule has 0 N–H and O–H groups in total. The minimum absolute atomic E-state index is 0.0167. The second kappa shape index (κ2) is 7.09. The van der Waals surface area contributed by atoms with Crippen LogP contribution in [0.4, 0.5) is 0 Å². The van der Waals surface area contributed by atoms with Gasteiger partial charge in [0.25, 0.3) is 0 Å². The number of aryl methyl sites for hydroxylation is 1. The van der Waals surface area contributed by atoms with Crippen molar-refractivity contribution in [2.24, 2.45) is 0 Å². The summed E-state index contributed by atoms with van der Waals surface area (Å²) in [6.45, 7) is 2.04. The Balaban J connectivity index is 2.28. The molecule has 0 spiro atoms. The lowest BCUT2D eigenvalue weighted by molar-refractivity contribution is 0.138. The van der Waals surface area contributed by atoms with E-state index in [1.54, 1.807) is 12.1 Å². The number of fused-ring (bicyclic) bond motifs is 1. The van der Waals surface area contributed by atoms with Crippen LogP contribution in [0.3, 0.4) is 0 Å². The third-order valence-electron chi connectivity index (χ3n) is 3.40. The number of hydrogen-bond acceptors (Lipinski definition) is 5. The summed E-state index contributed by atoms with van der Waals surface area (Å²) in [6.07, 6.45) is 0. The van der Waals surface area contributed by atoms with E-state index in [1.165, 1.54) is 14.2 Å². The van der Waals surface area contributed by atoms with Crippen molar-refractivity contribution in [3.8, 4) is 5.75 Å². The Morgan fingerprint density at radius 3 is 2.36 bits per heavy atom. The molecule has 6 heteroatoms. The van der Waals surface area contributed by atoms with Crippen LogP contribution in [0.5, 0.6) is 5.75 Å². The molecule has 0 atom stereocenters. The van der Waals surface area contributed by atoms with Crippen molar-refractivity contribution in [3.63, 3.8) is 0 Å². The molecule has 0 aliphatic rings. The van der Waals surface area contributed by atoms with Crippen molar-refractivity contribution < 1.29 is 22.1 Å². The molecule has 2 aromatic carbocycles. The first-order valence-corrected chi connectivity index (χ1v) is 8.35. The van der Waals surface area contributed by atoms with Gasteiger partial charge in [-0.25, -0.2) is 0 Å². The lowest BCUT2D eigenvalue weighted by Gasteiger charge is -2.16. The van der Waals surface area contributed by atoms with Crippen molar-refractivity contribution in [1.82, 2.24) is 0 Å². The maximum absolute atomic E-state index is 12.3. The van der Waals surface area contributed by atoms with Gasteiger partial charge in [-0.2, -0.15) is 8.42 Å². The molecule has 0 unspecified atom stereocenters. The molecule has 0 aliphatic carbocycles. The highest BCUT2D eigenvalue weighted by Gasteiger charge is 2.27. The van der Waals surface area contributed by atoms with E-state index in [-0.39, 0.29) is 19.0 Å². The molecule has 2 rings (SSSR count). The molecule has 22 heavy (non-hydrogen) atoms. The third-order valence-corrected chi connectivity index (χ3v) is 4.91. The van der Waals surface area contributed by atoms with E-state index in [2.05, 4.69) is 0 Å². The highest BCUT2D eigenvalue weighted by molar-refractivity contribution is 7.87. The van der Waals surface area contributed by atoms with Crippen LogP contribution in [0.15, 0.2) is 36.4 Å². The zero-order valence-corrected chi connectivity index (χ0v) is 13.7. The maximum Gasteiger partial charge on any atom is 0.316 e. The second-order valence-corrected chi connectivity index (χ2v) is 6.89. The zero-order chi connectivity index (χ0) is 16.2. The molecule has 0 aliphatic heterocycles. The highest BCUT2D eigenvalue weighted by atomic mass is 32.2. The third kappa shape index (κ3) is 3.76. The molecule has 0 heterocycles. The predicted molar refractivity (Wildman–Crippen MR) is 85.8 cm³/mol. The van der Waals surface area contributed by atoms with Gasteiger partial charge in [-0.3, -0.25) is 0 Å². The first kappa shape index (κ1) is 16.7. The van der Waals surface area contributed by atoms with Crippen molar-refractivity contribution in [3.05, 3.63) is 42.0 Å². The Kier molecular flexibility index (Phi) is 5.39. The Morgan fingerprint density at radius 2 is 1.73 bits per heavy atom. The Bertz CT molecular complexity index is 733. The van der Waals surface area contributed by atoms with Gasteiger partial charge in [-0.1, -0.05) is 24.3 Å². The van der Waals surface area contributed by atoms with E-state index < -0.39 is 15.4 Å². The largest absolute Gasteiger partial charge is 0.383 e. The number of ether oxygens (including phenoxy) is 2. The maximum atomic E-state index is 12.3. The predicted octanol–water partition coefficient (Wildman–Crippen LogP) is 2.52. The van der Waals surface area contributed by atoms with Gasteiger partial charge in [0, 0.05) is 14.2 Å². The first-order valence-electron chi connectivity index (χ1n) is 6.88. The molecule has 0 fully saturated rings. The molecule has 0 amide bonds. The van der Waals surface area contributed by atoms with Crippen LogP contribution in [0.2, 0.25) is 0 Å². The van der Waals surface area contributed by atoms with Crippen LogP contribution < -0.4 is 4.18 Å². The van der Waals surface area contributed by atoms with Crippen LogP contribution in [0, 0.1) is 6.92 Å². The average Bonchev–Trinajstić information content (AvgIpc) is 2.47. The number of rotatable bonds is 7. The average molecular weight is 324 g/mol. The fraction of sp³-hybridized carbons (Fsp3) is 0.375. The summed E-state index contributed by atoms with van der Waals surface area (Å²) in [5.74, 6) is 0.287. The van der Waals surface area contributed by atoms with Crippen LogP contribution in [0.25, 0.3) is 10.8 Å².